The molecule has 0 radical (unpaired) electrons. The second-order valence-corrected chi connectivity index (χ2v) is 6.32. The van der Waals surface area contributed by atoms with Gasteiger partial charge in [-0.2, -0.15) is 0 Å². The number of anilines is 1. The van der Waals surface area contributed by atoms with Crippen molar-refractivity contribution < 1.29 is 0 Å². The normalized spacial score (nSPS) is 10.6. The lowest BCUT2D eigenvalue weighted by molar-refractivity contribution is 1.28. The van der Waals surface area contributed by atoms with Crippen LogP contribution < -0.4 is 5.73 Å². The topological polar surface area (TPSA) is 26.0 Å². The fourth-order valence-corrected chi connectivity index (χ4v) is 2.98. The van der Waals surface area contributed by atoms with Crippen LogP contribution in [0.25, 0.3) is 0 Å². The summed E-state index contributed by atoms with van der Waals surface area (Å²) in [4.78, 5) is 1.14. The summed E-state index contributed by atoms with van der Waals surface area (Å²) in [6, 6.07) is 12.6. The number of hydrogen-bond donors (Lipinski definition) is 1. The van der Waals surface area contributed by atoms with Gasteiger partial charge in [-0.05, 0) is 48.7 Å². The Hall–Kier alpha value is -0.930. The SMILES string of the molecule is Cc1ccc(CSc2ccc(Br)cc2N)cc1C. The number of halogens is 1. The van der Waals surface area contributed by atoms with Crippen LogP contribution in [0.5, 0.6) is 0 Å². The molecule has 0 aliphatic heterocycles. The molecule has 0 atom stereocenters. The highest BCUT2D eigenvalue weighted by molar-refractivity contribution is 9.10. The third-order valence-corrected chi connectivity index (χ3v) is 4.59. The van der Waals surface area contributed by atoms with Gasteiger partial charge in [0, 0.05) is 20.8 Å². The largest absolute Gasteiger partial charge is 0.398 e. The predicted molar refractivity (Wildman–Crippen MR) is 84.0 cm³/mol. The van der Waals surface area contributed by atoms with Crippen LogP contribution in [0.4, 0.5) is 5.69 Å². The van der Waals surface area contributed by atoms with E-state index in [4.69, 9.17) is 5.73 Å². The molecule has 0 spiro atoms. The zero-order valence-electron chi connectivity index (χ0n) is 10.5. The van der Waals surface area contributed by atoms with Crippen molar-refractivity contribution in [3.63, 3.8) is 0 Å². The van der Waals surface area contributed by atoms with Gasteiger partial charge in [0.2, 0.25) is 0 Å². The monoisotopic (exact) mass is 321 g/mol. The number of benzene rings is 2. The number of aryl methyl sites for hydroxylation is 2. The highest BCUT2D eigenvalue weighted by Crippen LogP contribution is 2.30. The van der Waals surface area contributed by atoms with Crippen molar-refractivity contribution in [2.75, 3.05) is 5.73 Å². The summed E-state index contributed by atoms with van der Waals surface area (Å²) in [7, 11) is 0. The quantitative estimate of drug-likeness (QED) is 0.640. The van der Waals surface area contributed by atoms with Crippen molar-refractivity contribution in [1.29, 1.82) is 0 Å². The van der Waals surface area contributed by atoms with Crippen LogP contribution >= 0.6 is 27.7 Å². The van der Waals surface area contributed by atoms with Gasteiger partial charge >= 0.3 is 0 Å². The van der Waals surface area contributed by atoms with Gasteiger partial charge in [0.25, 0.3) is 0 Å². The van der Waals surface area contributed by atoms with Gasteiger partial charge in [-0.3, -0.25) is 0 Å². The first kappa shape index (κ1) is 13.5. The number of nitrogen functional groups attached to an aromatic ring is 1. The molecule has 2 aromatic rings. The third-order valence-electron chi connectivity index (χ3n) is 2.94. The van der Waals surface area contributed by atoms with Crippen molar-refractivity contribution >= 4 is 33.4 Å². The first-order chi connectivity index (χ1) is 8.56. The van der Waals surface area contributed by atoms with E-state index in [1.807, 2.05) is 12.1 Å². The van der Waals surface area contributed by atoms with Crippen molar-refractivity contribution in [2.24, 2.45) is 0 Å². The molecule has 0 heterocycles. The van der Waals surface area contributed by atoms with Gasteiger partial charge < -0.3 is 5.73 Å². The smallest absolute Gasteiger partial charge is 0.0463 e. The maximum absolute atomic E-state index is 5.99. The lowest BCUT2D eigenvalue weighted by atomic mass is 10.1. The molecule has 0 aliphatic carbocycles. The molecule has 94 valence electrons. The lowest BCUT2D eigenvalue weighted by Crippen LogP contribution is -1.90. The summed E-state index contributed by atoms with van der Waals surface area (Å²) in [6.07, 6.45) is 0. The van der Waals surface area contributed by atoms with Crippen LogP contribution in [0, 0.1) is 13.8 Å². The van der Waals surface area contributed by atoms with Gasteiger partial charge in [0.1, 0.15) is 0 Å². The molecule has 0 unspecified atom stereocenters. The van der Waals surface area contributed by atoms with Crippen LogP contribution in [0.1, 0.15) is 16.7 Å². The van der Waals surface area contributed by atoms with E-state index in [-0.39, 0.29) is 0 Å². The first-order valence-electron chi connectivity index (χ1n) is 5.80. The highest BCUT2D eigenvalue weighted by atomic mass is 79.9. The van der Waals surface area contributed by atoms with Crippen molar-refractivity contribution in [3.8, 4) is 0 Å². The predicted octanol–water partition coefficient (Wildman–Crippen LogP) is 4.94. The molecule has 1 nitrogen and oxygen atoms in total. The average Bonchev–Trinajstić information content (AvgIpc) is 2.32. The second-order valence-electron chi connectivity index (χ2n) is 4.39. The van der Waals surface area contributed by atoms with E-state index in [1.54, 1.807) is 11.8 Å². The maximum atomic E-state index is 5.99. The molecule has 18 heavy (non-hydrogen) atoms. The Morgan fingerprint density at radius 2 is 1.83 bits per heavy atom. The summed E-state index contributed by atoms with van der Waals surface area (Å²) >= 11 is 5.20. The molecule has 2 rings (SSSR count). The molecule has 0 fully saturated rings. The fourth-order valence-electron chi connectivity index (χ4n) is 1.71. The second kappa shape index (κ2) is 5.81. The Labute approximate surface area is 121 Å². The zero-order chi connectivity index (χ0) is 13.1. The Kier molecular flexibility index (Phi) is 4.36. The Bertz CT molecular complexity index is 566. The Balaban J connectivity index is 2.09. The molecule has 3 heteroatoms. The summed E-state index contributed by atoms with van der Waals surface area (Å²) in [5.41, 5.74) is 10.8. The van der Waals surface area contributed by atoms with Crippen molar-refractivity contribution in [1.82, 2.24) is 0 Å². The molecule has 2 aromatic carbocycles. The Morgan fingerprint density at radius 3 is 2.50 bits per heavy atom. The maximum Gasteiger partial charge on any atom is 0.0463 e. The minimum atomic E-state index is 0.832. The summed E-state index contributed by atoms with van der Waals surface area (Å²) in [5.74, 6) is 0.951. The zero-order valence-corrected chi connectivity index (χ0v) is 12.9. The molecule has 0 bridgehead atoms. The van der Waals surface area contributed by atoms with E-state index >= 15 is 0 Å². The first-order valence-corrected chi connectivity index (χ1v) is 7.58. The summed E-state index contributed by atoms with van der Waals surface area (Å²) in [5, 5.41) is 0. The van der Waals surface area contributed by atoms with Crippen LogP contribution in [0.3, 0.4) is 0 Å². The summed E-state index contributed by atoms with van der Waals surface area (Å²) in [6.45, 7) is 4.29. The van der Waals surface area contributed by atoms with E-state index in [0.717, 1.165) is 20.8 Å². The van der Waals surface area contributed by atoms with Crippen LogP contribution in [-0.4, -0.2) is 0 Å². The van der Waals surface area contributed by atoms with E-state index in [2.05, 4.69) is 54.0 Å². The standard InChI is InChI=1S/C15H16BrNS/c1-10-3-4-12(7-11(10)2)9-18-15-6-5-13(16)8-14(15)17/h3-8H,9,17H2,1-2H3. The molecule has 0 saturated carbocycles. The molecule has 0 saturated heterocycles. The third kappa shape index (κ3) is 3.30. The summed E-state index contributed by atoms with van der Waals surface area (Å²) < 4.78 is 1.02. The van der Waals surface area contributed by atoms with Crippen LogP contribution in [-0.2, 0) is 5.75 Å². The Morgan fingerprint density at radius 1 is 1.06 bits per heavy atom. The number of nitrogens with two attached hydrogens (primary N) is 1. The van der Waals surface area contributed by atoms with E-state index in [1.165, 1.54) is 16.7 Å². The van der Waals surface area contributed by atoms with Crippen LogP contribution in [0.15, 0.2) is 45.8 Å². The van der Waals surface area contributed by atoms with E-state index < -0.39 is 0 Å². The van der Waals surface area contributed by atoms with Crippen LogP contribution in [0.2, 0.25) is 0 Å². The van der Waals surface area contributed by atoms with Crippen molar-refractivity contribution in [2.45, 2.75) is 24.5 Å². The fraction of sp³-hybridized carbons (Fsp3) is 0.200. The van der Waals surface area contributed by atoms with Gasteiger partial charge in [-0.15, -0.1) is 11.8 Å². The van der Waals surface area contributed by atoms with Gasteiger partial charge in [-0.1, -0.05) is 34.1 Å². The van der Waals surface area contributed by atoms with Gasteiger partial charge in [-0.25, -0.2) is 0 Å². The number of thioether (sulfide) groups is 1. The minimum Gasteiger partial charge on any atom is -0.398 e. The molecule has 0 aliphatic rings. The number of hydrogen-bond acceptors (Lipinski definition) is 2. The highest BCUT2D eigenvalue weighted by Gasteiger charge is 2.02. The molecule has 0 amide bonds. The minimum absolute atomic E-state index is 0.832. The lowest BCUT2D eigenvalue weighted by Gasteiger charge is -2.07. The molecular weight excluding hydrogens is 306 g/mol. The molecule has 2 N–H and O–H groups in total. The number of rotatable bonds is 3. The van der Waals surface area contributed by atoms with E-state index in [0.29, 0.717) is 0 Å². The average molecular weight is 322 g/mol. The van der Waals surface area contributed by atoms with Gasteiger partial charge in [0.15, 0.2) is 0 Å². The molecular formula is C15H16BrNS. The molecule has 0 aromatic heterocycles. The van der Waals surface area contributed by atoms with Gasteiger partial charge in [0.05, 0.1) is 0 Å². The van der Waals surface area contributed by atoms with E-state index in [9.17, 15) is 0 Å². The van der Waals surface area contributed by atoms with Crippen molar-refractivity contribution in [3.05, 3.63) is 57.6 Å².